The number of carbonyl (C=O) groups is 2. The van der Waals surface area contributed by atoms with Crippen LogP contribution in [0.2, 0.25) is 0 Å². The van der Waals surface area contributed by atoms with Crippen LogP contribution in [0.1, 0.15) is 30.5 Å². The summed E-state index contributed by atoms with van der Waals surface area (Å²) < 4.78 is 5.28. The fourth-order valence-corrected chi connectivity index (χ4v) is 2.41. The third-order valence-corrected chi connectivity index (χ3v) is 4.50. The highest BCUT2D eigenvalue weighted by atomic mass is 16.5. The summed E-state index contributed by atoms with van der Waals surface area (Å²) in [6, 6.07) is 11.2. The van der Waals surface area contributed by atoms with Crippen LogP contribution in [0.4, 0.5) is 11.4 Å². The van der Waals surface area contributed by atoms with Gasteiger partial charge in [-0.15, -0.1) is 0 Å². The molecule has 2 amide bonds. The molecule has 0 spiro atoms. The molecular weight excluding hydrogens is 328 g/mol. The van der Waals surface area contributed by atoms with E-state index in [2.05, 4.69) is 10.6 Å². The summed E-state index contributed by atoms with van der Waals surface area (Å²) in [6.45, 7) is 9.11. The van der Waals surface area contributed by atoms with Crippen molar-refractivity contribution in [2.24, 2.45) is 5.41 Å². The van der Waals surface area contributed by atoms with Crippen LogP contribution in [0.15, 0.2) is 36.4 Å². The molecule has 0 fully saturated rings. The molecule has 0 aliphatic carbocycles. The van der Waals surface area contributed by atoms with Gasteiger partial charge in [-0.2, -0.15) is 0 Å². The van der Waals surface area contributed by atoms with E-state index < -0.39 is 11.3 Å². The molecule has 26 heavy (non-hydrogen) atoms. The number of rotatable bonds is 5. The zero-order valence-electron chi connectivity index (χ0n) is 16.2. The largest absolute Gasteiger partial charge is 0.495 e. The van der Waals surface area contributed by atoms with Crippen LogP contribution in [-0.2, 0) is 9.59 Å². The van der Waals surface area contributed by atoms with Crippen LogP contribution >= 0.6 is 0 Å². The van der Waals surface area contributed by atoms with Gasteiger partial charge < -0.3 is 15.4 Å². The van der Waals surface area contributed by atoms with Gasteiger partial charge in [0.05, 0.1) is 12.8 Å². The first kappa shape index (κ1) is 19.5. The molecule has 5 nitrogen and oxygen atoms in total. The van der Waals surface area contributed by atoms with Gasteiger partial charge in [0, 0.05) is 5.69 Å². The maximum Gasteiger partial charge on any atom is 0.239 e. The first-order valence-corrected chi connectivity index (χ1v) is 8.50. The van der Waals surface area contributed by atoms with Crippen LogP contribution in [-0.4, -0.2) is 18.9 Å². The van der Waals surface area contributed by atoms with E-state index in [4.69, 9.17) is 4.74 Å². The Morgan fingerprint density at radius 2 is 1.54 bits per heavy atom. The Kier molecular flexibility index (Phi) is 5.70. The molecule has 0 bridgehead atoms. The van der Waals surface area contributed by atoms with E-state index in [1.54, 1.807) is 19.9 Å². The minimum atomic E-state index is -1.26. The Morgan fingerprint density at radius 1 is 0.885 bits per heavy atom. The average molecular weight is 354 g/mol. The van der Waals surface area contributed by atoms with E-state index in [1.807, 2.05) is 51.1 Å². The first-order valence-electron chi connectivity index (χ1n) is 8.50. The van der Waals surface area contributed by atoms with Gasteiger partial charge in [-0.3, -0.25) is 9.59 Å². The molecule has 0 atom stereocenters. The van der Waals surface area contributed by atoms with Gasteiger partial charge in [-0.25, -0.2) is 0 Å². The van der Waals surface area contributed by atoms with Crippen LogP contribution < -0.4 is 15.4 Å². The Morgan fingerprint density at radius 3 is 2.15 bits per heavy atom. The van der Waals surface area contributed by atoms with Crippen LogP contribution in [0.25, 0.3) is 0 Å². The smallest absolute Gasteiger partial charge is 0.239 e. The van der Waals surface area contributed by atoms with E-state index in [9.17, 15) is 9.59 Å². The number of nitrogens with one attached hydrogen (secondary N) is 2. The Labute approximate surface area is 154 Å². The minimum Gasteiger partial charge on any atom is -0.495 e. The number of amides is 2. The topological polar surface area (TPSA) is 67.4 Å². The normalized spacial score (nSPS) is 11.0. The Balaban J connectivity index is 2.17. The summed E-state index contributed by atoms with van der Waals surface area (Å²) in [6.07, 6.45) is 0. The molecule has 0 aromatic heterocycles. The maximum absolute atomic E-state index is 12.7. The summed E-state index contributed by atoms with van der Waals surface area (Å²) in [4.78, 5) is 25.4. The summed E-state index contributed by atoms with van der Waals surface area (Å²) in [7, 11) is 1.54. The molecule has 2 aromatic rings. The van der Waals surface area contributed by atoms with E-state index in [-0.39, 0.29) is 5.91 Å². The third-order valence-electron chi connectivity index (χ3n) is 4.50. The van der Waals surface area contributed by atoms with Gasteiger partial charge >= 0.3 is 0 Å². The van der Waals surface area contributed by atoms with Gasteiger partial charge in [0.25, 0.3) is 0 Å². The first-order chi connectivity index (χ1) is 12.1. The molecule has 138 valence electrons. The Bertz CT molecular complexity index is 841. The maximum atomic E-state index is 12.7. The number of hydrogen-bond donors (Lipinski definition) is 2. The standard InChI is InChI=1S/C21H26N2O3/c1-13-7-10-18(26-6)17(11-13)23-20(25)21(4,5)19(24)22-16-9-8-14(2)15(3)12-16/h7-12H,1-6H3,(H,22,24)(H,23,25). The van der Waals surface area contributed by atoms with Crippen LogP contribution in [0, 0.1) is 26.2 Å². The number of benzene rings is 2. The molecule has 0 saturated carbocycles. The zero-order chi connectivity index (χ0) is 19.5. The van der Waals surface area contributed by atoms with Crippen molar-refractivity contribution in [3.05, 3.63) is 53.1 Å². The van der Waals surface area contributed by atoms with Crippen molar-refractivity contribution in [2.75, 3.05) is 17.7 Å². The molecule has 2 N–H and O–H groups in total. The molecule has 2 aromatic carbocycles. The molecule has 0 heterocycles. The summed E-state index contributed by atoms with van der Waals surface area (Å²) in [5, 5.41) is 5.63. The summed E-state index contributed by atoms with van der Waals surface area (Å²) in [5.74, 6) is -0.220. The van der Waals surface area contributed by atoms with Crippen molar-refractivity contribution in [3.63, 3.8) is 0 Å². The molecular formula is C21H26N2O3. The van der Waals surface area contributed by atoms with Crippen molar-refractivity contribution in [2.45, 2.75) is 34.6 Å². The number of aryl methyl sites for hydroxylation is 3. The van der Waals surface area contributed by atoms with Crippen molar-refractivity contribution in [1.29, 1.82) is 0 Å². The quantitative estimate of drug-likeness (QED) is 0.790. The van der Waals surface area contributed by atoms with Crippen LogP contribution in [0.3, 0.4) is 0 Å². The average Bonchev–Trinajstić information content (AvgIpc) is 2.58. The fourth-order valence-electron chi connectivity index (χ4n) is 2.41. The molecule has 5 heteroatoms. The third kappa shape index (κ3) is 4.23. The zero-order valence-corrected chi connectivity index (χ0v) is 16.2. The minimum absolute atomic E-state index is 0.370. The molecule has 0 aliphatic rings. The van der Waals surface area contributed by atoms with Crippen LogP contribution in [0.5, 0.6) is 5.75 Å². The van der Waals surface area contributed by atoms with E-state index >= 15 is 0 Å². The van der Waals surface area contributed by atoms with Gasteiger partial charge in [-0.1, -0.05) is 12.1 Å². The molecule has 0 unspecified atom stereocenters. The number of ether oxygens (including phenoxy) is 1. The molecule has 2 rings (SSSR count). The summed E-state index contributed by atoms with van der Waals surface area (Å²) in [5.41, 5.74) is 3.17. The second kappa shape index (κ2) is 7.60. The predicted molar refractivity (Wildman–Crippen MR) is 105 cm³/mol. The highest BCUT2D eigenvalue weighted by Gasteiger charge is 2.36. The number of methoxy groups -OCH3 is 1. The lowest BCUT2D eigenvalue weighted by Gasteiger charge is -2.23. The monoisotopic (exact) mass is 354 g/mol. The molecule has 0 radical (unpaired) electrons. The second-order valence-corrected chi connectivity index (χ2v) is 7.04. The van der Waals surface area contributed by atoms with E-state index in [0.29, 0.717) is 17.1 Å². The van der Waals surface area contributed by atoms with Crippen molar-refractivity contribution < 1.29 is 14.3 Å². The van der Waals surface area contributed by atoms with E-state index in [0.717, 1.165) is 16.7 Å². The SMILES string of the molecule is COc1ccc(C)cc1NC(=O)C(C)(C)C(=O)Nc1ccc(C)c(C)c1. The number of hydrogen-bond acceptors (Lipinski definition) is 3. The highest BCUT2D eigenvalue weighted by molar-refractivity contribution is 6.14. The lowest BCUT2D eigenvalue weighted by molar-refractivity contribution is -0.135. The second-order valence-electron chi connectivity index (χ2n) is 7.04. The lowest BCUT2D eigenvalue weighted by atomic mass is 9.90. The van der Waals surface area contributed by atoms with Gasteiger partial charge in [0.15, 0.2) is 0 Å². The van der Waals surface area contributed by atoms with Gasteiger partial charge in [-0.05, 0) is 75.6 Å². The number of carbonyl (C=O) groups excluding carboxylic acids is 2. The van der Waals surface area contributed by atoms with Crippen molar-refractivity contribution in [1.82, 2.24) is 0 Å². The lowest BCUT2D eigenvalue weighted by Crippen LogP contribution is -2.41. The Hall–Kier alpha value is -2.82. The molecule has 0 aliphatic heterocycles. The number of anilines is 2. The fraction of sp³-hybridized carbons (Fsp3) is 0.333. The van der Waals surface area contributed by atoms with Crippen molar-refractivity contribution in [3.8, 4) is 5.75 Å². The van der Waals surface area contributed by atoms with Crippen molar-refractivity contribution >= 4 is 23.2 Å². The highest BCUT2D eigenvalue weighted by Crippen LogP contribution is 2.28. The predicted octanol–water partition coefficient (Wildman–Crippen LogP) is 4.22. The summed E-state index contributed by atoms with van der Waals surface area (Å²) >= 11 is 0. The van der Waals surface area contributed by atoms with Gasteiger partial charge in [0.2, 0.25) is 11.8 Å². The van der Waals surface area contributed by atoms with E-state index in [1.165, 1.54) is 7.11 Å². The van der Waals surface area contributed by atoms with Gasteiger partial charge in [0.1, 0.15) is 11.2 Å². The molecule has 0 saturated heterocycles.